The molecule has 36 heavy (non-hydrogen) atoms. The van der Waals surface area contributed by atoms with Crippen molar-refractivity contribution in [2.24, 2.45) is 0 Å². The van der Waals surface area contributed by atoms with Gasteiger partial charge in [-0.05, 0) is 57.2 Å². The van der Waals surface area contributed by atoms with E-state index in [0.29, 0.717) is 13.2 Å². The largest absolute Gasteiger partial charge is 0.456 e. The predicted molar refractivity (Wildman–Crippen MR) is 128 cm³/mol. The molecule has 0 radical (unpaired) electrons. The fraction of sp³-hybridized carbons (Fsp3) is 0.333. The lowest BCUT2D eigenvalue weighted by Gasteiger charge is -2.26. The number of nitrogens with one attached hydrogen (secondary N) is 1. The van der Waals surface area contributed by atoms with Crippen molar-refractivity contribution in [2.45, 2.75) is 31.3 Å². The average Bonchev–Trinajstić information content (AvgIpc) is 3.27. The molecule has 2 heterocycles. The fourth-order valence-electron chi connectivity index (χ4n) is 3.58. The zero-order valence-electron chi connectivity index (χ0n) is 19.9. The van der Waals surface area contributed by atoms with Crippen LogP contribution in [0.2, 0.25) is 0 Å². The monoisotopic (exact) mass is 512 g/mol. The highest BCUT2D eigenvalue weighted by Crippen LogP contribution is 2.27. The number of nitriles is 1. The van der Waals surface area contributed by atoms with Crippen molar-refractivity contribution in [3.63, 3.8) is 0 Å². The Morgan fingerprint density at radius 3 is 2.53 bits per heavy atom. The van der Waals surface area contributed by atoms with E-state index in [9.17, 15) is 23.3 Å². The van der Waals surface area contributed by atoms with Crippen molar-refractivity contribution < 1.29 is 32.0 Å². The first-order chi connectivity index (χ1) is 17.0. The Kier molecular flexibility index (Phi) is 6.81. The van der Waals surface area contributed by atoms with Gasteiger partial charge in [-0.25, -0.2) is 13.2 Å². The molecule has 0 saturated carbocycles. The van der Waals surface area contributed by atoms with Gasteiger partial charge in [0.2, 0.25) is 10.0 Å². The summed E-state index contributed by atoms with van der Waals surface area (Å²) in [7, 11) is -3.82. The first kappa shape index (κ1) is 25.3. The third kappa shape index (κ3) is 5.23. The van der Waals surface area contributed by atoms with Gasteiger partial charge in [0.05, 0.1) is 46.4 Å². The summed E-state index contributed by atoms with van der Waals surface area (Å²) < 4.78 is 43.3. The van der Waals surface area contributed by atoms with Gasteiger partial charge >= 0.3 is 5.97 Å². The van der Waals surface area contributed by atoms with E-state index in [1.165, 1.54) is 40.7 Å². The highest BCUT2D eigenvalue weighted by Gasteiger charge is 2.28. The third-order valence-electron chi connectivity index (χ3n) is 5.28. The van der Waals surface area contributed by atoms with Crippen molar-refractivity contribution in [1.82, 2.24) is 9.46 Å². The summed E-state index contributed by atoms with van der Waals surface area (Å²) in [5.74, 6) is -1.46. The number of aromatic nitrogens is 1. The van der Waals surface area contributed by atoms with Gasteiger partial charge in [-0.1, -0.05) is 5.16 Å². The summed E-state index contributed by atoms with van der Waals surface area (Å²) in [6, 6.07) is 10.3. The lowest BCUT2D eigenvalue weighted by molar-refractivity contribution is 0.00706. The maximum absolute atomic E-state index is 13.1. The van der Waals surface area contributed by atoms with Crippen molar-refractivity contribution in [3.05, 3.63) is 53.2 Å². The molecule has 11 nitrogen and oxygen atoms in total. The van der Waals surface area contributed by atoms with E-state index < -0.39 is 27.5 Å². The minimum Gasteiger partial charge on any atom is -0.456 e. The highest BCUT2D eigenvalue weighted by atomic mass is 32.2. The van der Waals surface area contributed by atoms with Crippen molar-refractivity contribution >= 4 is 38.6 Å². The second-order valence-corrected chi connectivity index (χ2v) is 11.0. The van der Waals surface area contributed by atoms with Gasteiger partial charge in [-0.2, -0.15) is 9.57 Å². The number of amides is 1. The van der Waals surface area contributed by atoms with Crippen molar-refractivity contribution in [1.29, 1.82) is 5.26 Å². The number of benzene rings is 2. The zero-order chi connectivity index (χ0) is 26.1. The smallest absolute Gasteiger partial charge is 0.340 e. The van der Waals surface area contributed by atoms with Crippen LogP contribution in [0, 0.1) is 11.3 Å². The molecule has 1 amide bonds. The molecule has 0 aliphatic carbocycles. The normalized spacial score (nSPS) is 14.8. The van der Waals surface area contributed by atoms with Crippen LogP contribution in [0.15, 0.2) is 45.8 Å². The quantitative estimate of drug-likeness (QED) is 0.509. The second-order valence-electron chi connectivity index (χ2n) is 9.03. The molecule has 0 unspecified atom stereocenters. The summed E-state index contributed by atoms with van der Waals surface area (Å²) in [5, 5.41) is 15.8. The number of hydrogen-bond donors (Lipinski definition) is 1. The molecule has 188 valence electrons. The van der Waals surface area contributed by atoms with Crippen LogP contribution in [0.25, 0.3) is 11.0 Å². The van der Waals surface area contributed by atoms with Crippen LogP contribution in [0.5, 0.6) is 0 Å². The molecule has 0 bridgehead atoms. The van der Waals surface area contributed by atoms with Gasteiger partial charge in [0.15, 0.2) is 11.3 Å². The van der Waals surface area contributed by atoms with Gasteiger partial charge in [-0.3, -0.25) is 4.79 Å². The SMILES string of the molecule is CC(C)(C)OC(=O)c1cc(C#N)ccc1NC(=O)c1noc2ccc(S(=O)(=O)N3CCOCC3)cc12. The van der Waals surface area contributed by atoms with E-state index in [0.717, 1.165) is 0 Å². The van der Waals surface area contributed by atoms with E-state index in [1.807, 2.05) is 6.07 Å². The van der Waals surface area contributed by atoms with E-state index in [1.54, 1.807) is 20.8 Å². The number of esters is 1. The molecule has 1 aliphatic heterocycles. The lowest BCUT2D eigenvalue weighted by atomic mass is 10.1. The number of hydrogen-bond acceptors (Lipinski definition) is 9. The molecule has 0 atom stereocenters. The van der Waals surface area contributed by atoms with E-state index in [-0.39, 0.29) is 51.5 Å². The number of carbonyl (C=O) groups is 2. The van der Waals surface area contributed by atoms with Gasteiger partial charge in [0.25, 0.3) is 5.91 Å². The number of anilines is 1. The number of fused-ring (bicyclic) bond motifs is 1. The second kappa shape index (κ2) is 9.69. The minimum absolute atomic E-state index is 0.0121. The maximum atomic E-state index is 13.1. The van der Waals surface area contributed by atoms with E-state index >= 15 is 0 Å². The topological polar surface area (TPSA) is 152 Å². The number of ether oxygens (including phenoxy) is 2. The van der Waals surface area contributed by atoms with Gasteiger partial charge in [0, 0.05) is 13.1 Å². The van der Waals surface area contributed by atoms with Crippen LogP contribution in [-0.2, 0) is 19.5 Å². The number of carbonyl (C=O) groups excluding carboxylic acids is 2. The summed E-state index contributed by atoms with van der Waals surface area (Å²) in [4.78, 5) is 25.9. The molecule has 0 spiro atoms. The maximum Gasteiger partial charge on any atom is 0.340 e. The molecule has 12 heteroatoms. The first-order valence-corrected chi connectivity index (χ1v) is 12.5. The molecular weight excluding hydrogens is 488 g/mol. The van der Waals surface area contributed by atoms with Crippen LogP contribution in [0.4, 0.5) is 5.69 Å². The Balaban J connectivity index is 1.67. The van der Waals surface area contributed by atoms with Crippen LogP contribution in [0.3, 0.4) is 0 Å². The number of sulfonamides is 1. The van der Waals surface area contributed by atoms with Crippen LogP contribution >= 0.6 is 0 Å². The minimum atomic E-state index is -3.82. The Bertz CT molecular complexity index is 1480. The Labute approximate surface area is 207 Å². The molecular formula is C24H24N4O7S. The fourth-order valence-corrected chi connectivity index (χ4v) is 5.02. The molecule has 2 aromatic carbocycles. The van der Waals surface area contributed by atoms with Gasteiger partial charge < -0.3 is 19.3 Å². The number of rotatable bonds is 5. The van der Waals surface area contributed by atoms with Crippen molar-refractivity contribution in [3.8, 4) is 6.07 Å². The number of morpholine rings is 1. The van der Waals surface area contributed by atoms with Crippen LogP contribution in [-0.4, -0.2) is 61.7 Å². The first-order valence-electron chi connectivity index (χ1n) is 11.1. The summed E-state index contributed by atoms with van der Waals surface area (Å²) in [6.45, 7) is 6.14. The summed E-state index contributed by atoms with van der Waals surface area (Å²) >= 11 is 0. The standard InChI is InChI=1S/C24H24N4O7S/c1-24(2,3)34-23(30)17-12-15(14-25)4-6-19(17)26-22(29)21-18-13-16(5-7-20(18)35-27-21)36(31,32)28-8-10-33-11-9-28/h4-7,12-13H,8-11H2,1-3H3,(H,26,29). The molecule has 1 aromatic heterocycles. The van der Waals surface area contributed by atoms with Crippen LogP contribution in [0.1, 0.15) is 47.2 Å². The highest BCUT2D eigenvalue weighted by molar-refractivity contribution is 7.89. The van der Waals surface area contributed by atoms with Crippen molar-refractivity contribution in [2.75, 3.05) is 31.6 Å². The molecule has 1 fully saturated rings. The molecule has 4 rings (SSSR count). The molecule has 1 N–H and O–H groups in total. The van der Waals surface area contributed by atoms with E-state index in [4.69, 9.17) is 14.0 Å². The molecule has 1 saturated heterocycles. The Morgan fingerprint density at radius 1 is 1.14 bits per heavy atom. The van der Waals surface area contributed by atoms with Gasteiger partial charge in [0.1, 0.15) is 5.60 Å². The Morgan fingerprint density at radius 2 is 1.86 bits per heavy atom. The van der Waals surface area contributed by atoms with Crippen LogP contribution < -0.4 is 5.32 Å². The lowest BCUT2D eigenvalue weighted by Crippen LogP contribution is -2.40. The Hall–Kier alpha value is -3.79. The third-order valence-corrected chi connectivity index (χ3v) is 7.17. The zero-order valence-corrected chi connectivity index (χ0v) is 20.7. The summed E-state index contributed by atoms with van der Waals surface area (Å²) in [6.07, 6.45) is 0. The molecule has 1 aliphatic rings. The summed E-state index contributed by atoms with van der Waals surface area (Å²) in [5.41, 5.74) is -0.455. The van der Waals surface area contributed by atoms with Gasteiger partial charge in [-0.15, -0.1) is 0 Å². The molecule has 3 aromatic rings. The predicted octanol–water partition coefficient (Wildman–Crippen LogP) is 2.93. The van der Waals surface area contributed by atoms with E-state index in [2.05, 4.69) is 10.5 Å². The average molecular weight is 513 g/mol. The number of nitrogens with zero attached hydrogens (tertiary/aromatic N) is 3.